The van der Waals surface area contributed by atoms with Crippen molar-refractivity contribution in [1.29, 1.82) is 0 Å². The molecule has 1 fully saturated rings. The Kier molecular flexibility index (Phi) is 6.68. The minimum atomic E-state index is 0. The molecule has 2 rings (SSSR count). The zero-order valence-corrected chi connectivity index (χ0v) is 12.4. The number of halogens is 1. The summed E-state index contributed by atoms with van der Waals surface area (Å²) in [5.74, 6) is 0.216. The molecule has 5 heteroatoms. The van der Waals surface area contributed by atoms with Crippen LogP contribution in [0, 0.1) is 0 Å². The number of carbonyl (C=O) groups excluding carboxylic acids is 1. The van der Waals surface area contributed by atoms with E-state index < -0.39 is 0 Å². The van der Waals surface area contributed by atoms with E-state index in [2.05, 4.69) is 17.1 Å². The number of rotatable bonds is 4. The van der Waals surface area contributed by atoms with Gasteiger partial charge in [0, 0.05) is 12.6 Å². The number of thiophene rings is 1. The summed E-state index contributed by atoms with van der Waals surface area (Å²) >= 11 is 1.54. The topological polar surface area (TPSA) is 32.3 Å². The van der Waals surface area contributed by atoms with Crippen LogP contribution in [0.4, 0.5) is 0 Å². The first kappa shape index (κ1) is 15.5. The summed E-state index contributed by atoms with van der Waals surface area (Å²) in [7, 11) is 0. The maximum atomic E-state index is 12.4. The van der Waals surface area contributed by atoms with Gasteiger partial charge in [0.2, 0.25) is 0 Å². The van der Waals surface area contributed by atoms with E-state index in [-0.39, 0.29) is 18.3 Å². The highest BCUT2D eigenvalue weighted by Gasteiger charge is 2.25. The first-order valence-electron chi connectivity index (χ1n) is 6.38. The van der Waals surface area contributed by atoms with Crippen molar-refractivity contribution >= 4 is 29.7 Å². The van der Waals surface area contributed by atoms with Gasteiger partial charge in [-0.2, -0.15) is 0 Å². The van der Waals surface area contributed by atoms with Crippen LogP contribution in [0.2, 0.25) is 0 Å². The van der Waals surface area contributed by atoms with E-state index in [0.717, 1.165) is 43.8 Å². The van der Waals surface area contributed by atoms with Crippen LogP contribution in [0.25, 0.3) is 0 Å². The van der Waals surface area contributed by atoms with Crippen molar-refractivity contribution in [3.05, 3.63) is 22.4 Å². The Balaban J connectivity index is 0.00000162. The van der Waals surface area contributed by atoms with Crippen LogP contribution in [0.15, 0.2) is 17.5 Å². The zero-order chi connectivity index (χ0) is 12.1. The number of nitrogens with zero attached hydrogens (tertiary/aromatic N) is 1. The van der Waals surface area contributed by atoms with Gasteiger partial charge in [0.25, 0.3) is 5.91 Å². The highest BCUT2D eigenvalue weighted by Crippen LogP contribution is 2.18. The van der Waals surface area contributed by atoms with Crippen molar-refractivity contribution in [3.8, 4) is 0 Å². The van der Waals surface area contributed by atoms with Crippen molar-refractivity contribution in [2.45, 2.75) is 32.2 Å². The van der Waals surface area contributed by atoms with Gasteiger partial charge in [0.1, 0.15) is 0 Å². The summed E-state index contributed by atoms with van der Waals surface area (Å²) in [6.45, 7) is 5.07. The van der Waals surface area contributed by atoms with Crippen LogP contribution >= 0.6 is 23.7 Å². The molecule has 1 aliphatic rings. The largest absolute Gasteiger partial charge is 0.335 e. The minimum absolute atomic E-state index is 0. The Morgan fingerprint density at radius 3 is 2.78 bits per heavy atom. The maximum absolute atomic E-state index is 12.4. The van der Waals surface area contributed by atoms with Gasteiger partial charge in [-0.3, -0.25) is 4.79 Å². The summed E-state index contributed by atoms with van der Waals surface area (Å²) in [6, 6.07) is 4.30. The van der Waals surface area contributed by atoms with E-state index in [1.807, 2.05) is 17.5 Å². The molecular formula is C13H21ClN2OS. The average molecular weight is 289 g/mol. The molecule has 0 saturated carbocycles. The molecule has 0 spiro atoms. The summed E-state index contributed by atoms with van der Waals surface area (Å²) in [6.07, 6.45) is 3.19. The van der Waals surface area contributed by atoms with Gasteiger partial charge in [0.15, 0.2) is 0 Å². The van der Waals surface area contributed by atoms with E-state index in [0.29, 0.717) is 6.04 Å². The molecule has 1 N–H and O–H groups in total. The lowest BCUT2D eigenvalue weighted by Gasteiger charge is -2.34. The Labute approximate surface area is 119 Å². The first-order valence-corrected chi connectivity index (χ1v) is 7.26. The number of amides is 1. The molecule has 18 heavy (non-hydrogen) atoms. The Hall–Kier alpha value is -0.580. The van der Waals surface area contributed by atoms with Gasteiger partial charge in [-0.25, -0.2) is 0 Å². The van der Waals surface area contributed by atoms with E-state index in [4.69, 9.17) is 0 Å². The zero-order valence-electron chi connectivity index (χ0n) is 10.7. The van der Waals surface area contributed by atoms with Crippen LogP contribution in [0.1, 0.15) is 35.9 Å². The van der Waals surface area contributed by atoms with Crippen LogP contribution < -0.4 is 5.32 Å². The van der Waals surface area contributed by atoms with E-state index >= 15 is 0 Å². The standard InChI is InChI=1S/C13H20N2OS.ClH/c1-2-9-15(11-5-7-14-8-6-11)13(16)12-4-3-10-17-12;/h3-4,10-11,14H,2,5-9H2,1H3;1H. The summed E-state index contributed by atoms with van der Waals surface area (Å²) < 4.78 is 0. The van der Waals surface area contributed by atoms with Gasteiger partial charge in [-0.1, -0.05) is 13.0 Å². The van der Waals surface area contributed by atoms with Crippen molar-refractivity contribution in [3.63, 3.8) is 0 Å². The lowest BCUT2D eigenvalue weighted by atomic mass is 10.0. The molecule has 1 aromatic rings. The van der Waals surface area contributed by atoms with Crippen LogP contribution in [0.5, 0.6) is 0 Å². The fourth-order valence-electron chi connectivity index (χ4n) is 2.35. The molecule has 3 nitrogen and oxygen atoms in total. The molecule has 2 heterocycles. The summed E-state index contributed by atoms with van der Waals surface area (Å²) in [4.78, 5) is 15.4. The number of nitrogens with one attached hydrogen (secondary N) is 1. The lowest BCUT2D eigenvalue weighted by Crippen LogP contribution is -2.46. The van der Waals surface area contributed by atoms with E-state index in [1.54, 1.807) is 11.3 Å². The molecule has 0 bridgehead atoms. The van der Waals surface area contributed by atoms with Gasteiger partial charge in [-0.15, -0.1) is 23.7 Å². The molecule has 1 saturated heterocycles. The highest BCUT2D eigenvalue weighted by atomic mass is 35.5. The van der Waals surface area contributed by atoms with E-state index in [9.17, 15) is 4.79 Å². The van der Waals surface area contributed by atoms with Crippen LogP contribution in [-0.2, 0) is 0 Å². The molecule has 1 aromatic heterocycles. The van der Waals surface area contributed by atoms with Gasteiger partial charge in [0.05, 0.1) is 4.88 Å². The van der Waals surface area contributed by atoms with Crippen molar-refractivity contribution < 1.29 is 4.79 Å². The molecule has 0 atom stereocenters. The summed E-state index contributed by atoms with van der Waals surface area (Å²) in [5.41, 5.74) is 0. The Morgan fingerprint density at radius 2 is 2.22 bits per heavy atom. The summed E-state index contributed by atoms with van der Waals surface area (Å²) in [5, 5.41) is 5.32. The van der Waals surface area contributed by atoms with Crippen LogP contribution in [-0.4, -0.2) is 36.5 Å². The third-order valence-corrected chi connectivity index (χ3v) is 4.06. The normalized spacial score (nSPS) is 16.1. The molecular weight excluding hydrogens is 268 g/mol. The Bertz CT molecular complexity index is 350. The smallest absolute Gasteiger partial charge is 0.264 e. The maximum Gasteiger partial charge on any atom is 0.264 e. The number of piperidine rings is 1. The van der Waals surface area contributed by atoms with Crippen LogP contribution in [0.3, 0.4) is 0 Å². The van der Waals surface area contributed by atoms with Gasteiger partial charge < -0.3 is 10.2 Å². The molecule has 0 aliphatic carbocycles. The second kappa shape index (κ2) is 7.77. The Morgan fingerprint density at radius 1 is 1.50 bits per heavy atom. The fourth-order valence-corrected chi connectivity index (χ4v) is 3.03. The van der Waals surface area contributed by atoms with Crippen molar-refractivity contribution in [2.75, 3.05) is 19.6 Å². The third-order valence-electron chi connectivity index (χ3n) is 3.21. The molecule has 1 aliphatic heterocycles. The van der Waals surface area contributed by atoms with Gasteiger partial charge >= 0.3 is 0 Å². The highest BCUT2D eigenvalue weighted by molar-refractivity contribution is 7.12. The molecule has 102 valence electrons. The first-order chi connectivity index (χ1) is 8.33. The van der Waals surface area contributed by atoms with Crippen molar-refractivity contribution in [1.82, 2.24) is 10.2 Å². The predicted molar refractivity (Wildman–Crippen MR) is 78.8 cm³/mol. The number of hydrogen-bond acceptors (Lipinski definition) is 3. The SMILES string of the molecule is CCCN(C(=O)c1cccs1)C1CCNCC1.Cl. The monoisotopic (exact) mass is 288 g/mol. The van der Waals surface area contributed by atoms with Crippen molar-refractivity contribution in [2.24, 2.45) is 0 Å². The molecule has 0 unspecified atom stereocenters. The fraction of sp³-hybridized carbons (Fsp3) is 0.615. The van der Waals surface area contributed by atoms with Gasteiger partial charge in [-0.05, 0) is 43.8 Å². The number of hydrogen-bond donors (Lipinski definition) is 1. The average Bonchev–Trinajstić information content (AvgIpc) is 2.90. The molecule has 0 aromatic carbocycles. The quantitative estimate of drug-likeness (QED) is 0.924. The second-order valence-electron chi connectivity index (χ2n) is 4.46. The lowest BCUT2D eigenvalue weighted by molar-refractivity contribution is 0.0647. The number of carbonyl (C=O) groups is 1. The minimum Gasteiger partial charge on any atom is -0.335 e. The van der Waals surface area contributed by atoms with E-state index in [1.165, 1.54) is 0 Å². The predicted octanol–water partition coefficient (Wildman–Crippen LogP) is 2.77. The second-order valence-corrected chi connectivity index (χ2v) is 5.40. The third kappa shape index (κ3) is 3.70. The molecule has 0 radical (unpaired) electrons. The molecule has 1 amide bonds.